The predicted molar refractivity (Wildman–Crippen MR) is 75.3 cm³/mol. The van der Waals surface area contributed by atoms with E-state index in [1.165, 1.54) is 12.1 Å². The summed E-state index contributed by atoms with van der Waals surface area (Å²) < 4.78 is 37.4. The second-order valence-corrected chi connectivity index (χ2v) is 4.80. The SMILES string of the molecule is Cc1cccc(C)c1NC(=O)c1ccc(C(F)(F)F)cc1. The van der Waals surface area contributed by atoms with Gasteiger partial charge in [-0.3, -0.25) is 4.79 Å². The molecular formula is C16H14F3NO. The van der Waals surface area contributed by atoms with E-state index < -0.39 is 17.6 Å². The highest BCUT2D eigenvalue weighted by molar-refractivity contribution is 6.05. The molecule has 2 aromatic rings. The fraction of sp³-hybridized carbons (Fsp3) is 0.188. The van der Waals surface area contributed by atoms with Crippen LogP contribution in [0.3, 0.4) is 0 Å². The zero-order valence-electron chi connectivity index (χ0n) is 11.6. The molecule has 0 heterocycles. The maximum Gasteiger partial charge on any atom is 0.416 e. The van der Waals surface area contributed by atoms with Crippen molar-refractivity contribution in [3.8, 4) is 0 Å². The van der Waals surface area contributed by atoms with Crippen LogP contribution in [0.4, 0.5) is 18.9 Å². The van der Waals surface area contributed by atoms with Gasteiger partial charge in [0.05, 0.1) is 5.56 Å². The zero-order chi connectivity index (χ0) is 15.6. The molecular weight excluding hydrogens is 279 g/mol. The lowest BCUT2D eigenvalue weighted by Gasteiger charge is -2.12. The number of hydrogen-bond donors (Lipinski definition) is 1. The van der Waals surface area contributed by atoms with Crippen LogP contribution in [-0.4, -0.2) is 5.91 Å². The number of para-hydroxylation sites is 1. The number of carbonyl (C=O) groups excluding carboxylic acids is 1. The quantitative estimate of drug-likeness (QED) is 0.863. The van der Waals surface area contributed by atoms with Gasteiger partial charge in [0.15, 0.2) is 0 Å². The van der Waals surface area contributed by atoms with Gasteiger partial charge in [0, 0.05) is 11.3 Å². The van der Waals surface area contributed by atoms with Crippen molar-refractivity contribution in [2.24, 2.45) is 0 Å². The minimum absolute atomic E-state index is 0.186. The minimum atomic E-state index is -4.40. The number of amides is 1. The van der Waals surface area contributed by atoms with Crippen LogP contribution < -0.4 is 5.32 Å². The van der Waals surface area contributed by atoms with Crippen LogP contribution >= 0.6 is 0 Å². The second kappa shape index (κ2) is 5.60. The van der Waals surface area contributed by atoms with Crippen molar-refractivity contribution in [2.45, 2.75) is 20.0 Å². The van der Waals surface area contributed by atoms with Gasteiger partial charge in [-0.25, -0.2) is 0 Å². The van der Waals surface area contributed by atoms with Crippen molar-refractivity contribution < 1.29 is 18.0 Å². The molecule has 0 atom stereocenters. The molecule has 0 radical (unpaired) electrons. The van der Waals surface area contributed by atoms with E-state index in [2.05, 4.69) is 5.32 Å². The van der Waals surface area contributed by atoms with E-state index in [-0.39, 0.29) is 5.56 Å². The predicted octanol–water partition coefficient (Wildman–Crippen LogP) is 4.57. The van der Waals surface area contributed by atoms with Gasteiger partial charge in [0.1, 0.15) is 0 Å². The van der Waals surface area contributed by atoms with Crippen LogP contribution in [0.2, 0.25) is 0 Å². The molecule has 0 aliphatic heterocycles. The number of hydrogen-bond acceptors (Lipinski definition) is 1. The summed E-state index contributed by atoms with van der Waals surface area (Å²) in [6.45, 7) is 3.71. The van der Waals surface area contributed by atoms with E-state index in [1.807, 2.05) is 32.0 Å². The molecule has 0 saturated carbocycles. The molecule has 2 nitrogen and oxygen atoms in total. The summed E-state index contributed by atoms with van der Waals surface area (Å²) in [5.74, 6) is -0.430. The Morgan fingerprint density at radius 3 is 1.95 bits per heavy atom. The van der Waals surface area contributed by atoms with E-state index >= 15 is 0 Å². The summed E-state index contributed by atoms with van der Waals surface area (Å²) in [6.07, 6.45) is -4.40. The van der Waals surface area contributed by atoms with Gasteiger partial charge in [0.2, 0.25) is 0 Å². The number of carbonyl (C=O) groups is 1. The third-order valence-electron chi connectivity index (χ3n) is 3.19. The van der Waals surface area contributed by atoms with Crippen LogP contribution in [0.15, 0.2) is 42.5 Å². The first-order valence-corrected chi connectivity index (χ1v) is 6.34. The standard InChI is InChI=1S/C16H14F3NO/c1-10-4-3-5-11(2)14(10)20-15(21)12-6-8-13(9-7-12)16(17,18)19/h3-9H,1-2H3,(H,20,21). The van der Waals surface area contributed by atoms with Crippen molar-refractivity contribution >= 4 is 11.6 Å². The molecule has 2 aromatic carbocycles. The van der Waals surface area contributed by atoms with E-state index in [9.17, 15) is 18.0 Å². The fourth-order valence-electron chi connectivity index (χ4n) is 2.01. The Morgan fingerprint density at radius 1 is 0.952 bits per heavy atom. The molecule has 1 amide bonds. The Hall–Kier alpha value is -2.30. The summed E-state index contributed by atoms with van der Waals surface area (Å²) >= 11 is 0. The molecule has 0 fully saturated rings. The van der Waals surface area contributed by atoms with Crippen LogP contribution in [0.1, 0.15) is 27.0 Å². The monoisotopic (exact) mass is 293 g/mol. The van der Waals surface area contributed by atoms with Gasteiger partial charge < -0.3 is 5.32 Å². The number of rotatable bonds is 2. The van der Waals surface area contributed by atoms with Crippen LogP contribution in [-0.2, 0) is 6.18 Å². The number of aryl methyl sites for hydroxylation is 2. The Labute approximate surface area is 120 Å². The Morgan fingerprint density at radius 2 is 1.48 bits per heavy atom. The number of nitrogens with one attached hydrogen (secondary N) is 1. The smallest absolute Gasteiger partial charge is 0.322 e. The van der Waals surface area contributed by atoms with Crippen molar-refractivity contribution in [1.82, 2.24) is 0 Å². The molecule has 0 aromatic heterocycles. The largest absolute Gasteiger partial charge is 0.416 e. The van der Waals surface area contributed by atoms with Crippen molar-refractivity contribution in [3.63, 3.8) is 0 Å². The van der Waals surface area contributed by atoms with E-state index in [1.54, 1.807) is 0 Å². The fourth-order valence-corrected chi connectivity index (χ4v) is 2.01. The third kappa shape index (κ3) is 3.42. The molecule has 0 aliphatic rings. The van der Waals surface area contributed by atoms with Crippen LogP contribution in [0.25, 0.3) is 0 Å². The number of halogens is 3. The molecule has 0 bridgehead atoms. The van der Waals surface area contributed by atoms with Gasteiger partial charge in [0.25, 0.3) is 5.91 Å². The highest BCUT2D eigenvalue weighted by atomic mass is 19.4. The molecule has 0 spiro atoms. The minimum Gasteiger partial charge on any atom is -0.322 e. The summed E-state index contributed by atoms with van der Waals surface area (Å²) in [5, 5.41) is 2.73. The maximum atomic E-state index is 12.5. The van der Waals surface area contributed by atoms with Crippen molar-refractivity contribution in [2.75, 3.05) is 5.32 Å². The molecule has 5 heteroatoms. The average molecular weight is 293 g/mol. The van der Waals surface area contributed by atoms with Crippen LogP contribution in [0, 0.1) is 13.8 Å². The molecule has 0 unspecified atom stereocenters. The summed E-state index contributed by atoms with van der Waals surface area (Å²) in [5.41, 5.74) is 1.89. The highest BCUT2D eigenvalue weighted by Gasteiger charge is 2.30. The van der Waals surface area contributed by atoms with E-state index in [0.29, 0.717) is 5.69 Å². The van der Waals surface area contributed by atoms with Gasteiger partial charge in [-0.15, -0.1) is 0 Å². The lowest BCUT2D eigenvalue weighted by molar-refractivity contribution is -0.137. The number of alkyl halides is 3. The Balaban J connectivity index is 2.21. The Kier molecular flexibility index (Phi) is 4.02. The van der Waals surface area contributed by atoms with E-state index in [0.717, 1.165) is 23.3 Å². The normalized spacial score (nSPS) is 11.3. The first-order valence-electron chi connectivity index (χ1n) is 6.34. The molecule has 1 N–H and O–H groups in total. The summed E-state index contributed by atoms with van der Waals surface area (Å²) in [7, 11) is 0. The van der Waals surface area contributed by atoms with Crippen LogP contribution in [0.5, 0.6) is 0 Å². The average Bonchev–Trinajstić information content (AvgIpc) is 2.42. The first kappa shape index (κ1) is 15.1. The molecule has 110 valence electrons. The molecule has 0 saturated heterocycles. The molecule has 21 heavy (non-hydrogen) atoms. The Bertz CT molecular complexity index is 640. The maximum absolute atomic E-state index is 12.5. The topological polar surface area (TPSA) is 29.1 Å². The zero-order valence-corrected chi connectivity index (χ0v) is 11.6. The first-order chi connectivity index (χ1) is 9.79. The second-order valence-electron chi connectivity index (χ2n) is 4.80. The van der Waals surface area contributed by atoms with Gasteiger partial charge >= 0.3 is 6.18 Å². The summed E-state index contributed by atoms with van der Waals surface area (Å²) in [4.78, 5) is 12.1. The lowest BCUT2D eigenvalue weighted by atomic mass is 10.1. The van der Waals surface area contributed by atoms with Gasteiger partial charge in [-0.1, -0.05) is 18.2 Å². The van der Waals surface area contributed by atoms with E-state index in [4.69, 9.17) is 0 Å². The number of anilines is 1. The number of benzene rings is 2. The van der Waals surface area contributed by atoms with Gasteiger partial charge in [-0.05, 0) is 49.2 Å². The lowest BCUT2D eigenvalue weighted by Crippen LogP contribution is -2.14. The molecule has 2 rings (SSSR count). The third-order valence-corrected chi connectivity index (χ3v) is 3.19. The highest BCUT2D eigenvalue weighted by Crippen LogP contribution is 2.29. The van der Waals surface area contributed by atoms with Crippen molar-refractivity contribution in [3.05, 3.63) is 64.7 Å². The summed E-state index contributed by atoms with van der Waals surface area (Å²) in [6, 6.07) is 9.74. The van der Waals surface area contributed by atoms with Crippen molar-refractivity contribution in [1.29, 1.82) is 0 Å². The molecule has 0 aliphatic carbocycles. The van der Waals surface area contributed by atoms with Gasteiger partial charge in [-0.2, -0.15) is 13.2 Å².